The Hall–Kier alpha value is -0.920. The first-order chi connectivity index (χ1) is 7.34. The Balaban J connectivity index is 1.95. The average Bonchev–Trinajstić information content (AvgIpc) is 3.04. The predicted molar refractivity (Wildman–Crippen MR) is 62.6 cm³/mol. The summed E-state index contributed by atoms with van der Waals surface area (Å²) in [5.41, 5.74) is 5.96. The molecule has 0 saturated carbocycles. The fourth-order valence-electron chi connectivity index (χ4n) is 1.09. The maximum Gasteiger partial charge on any atom is 0.303 e. The third-order valence-corrected chi connectivity index (χ3v) is 6.80. The highest BCUT2D eigenvalue weighted by molar-refractivity contribution is 7.58. The Morgan fingerprint density at radius 1 is 1.40 bits per heavy atom. The highest BCUT2D eigenvalue weighted by atomic mass is 31.2. The molecule has 6 nitrogen and oxygen atoms in total. The molecular weight excluding hydrogens is 253 g/mol. The van der Waals surface area contributed by atoms with Crippen LogP contribution < -0.4 is 10.3 Å². The van der Waals surface area contributed by atoms with E-state index in [4.69, 9.17) is 14.6 Å². The van der Waals surface area contributed by atoms with Crippen molar-refractivity contribution in [1.82, 2.24) is 12.9 Å². The average molecular weight is 262 g/mol. The minimum Gasteiger partial charge on any atom is -0.366 e. The summed E-state index contributed by atoms with van der Waals surface area (Å²) >= 11 is 0. The summed E-state index contributed by atoms with van der Waals surface area (Å²) in [6.07, 6.45) is 0. The molecule has 1 aromatic carbocycles. The molecule has 0 aliphatic rings. The van der Waals surface area contributed by atoms with Gasteiger partial charge in [-0.3, -0.25) is 10.0 Å². The number of hydrogen-bond acceptors (Lipinski definition) is 3. The van der Waals surface area contributed by atoms with Crippen molar-refractivity contribution in [3.05, 3.63) is 30.3 Å². The van der Waals surface area contributed by atoms with Crippen molar-refractivity contribution >= 4 is 24.4 Å². The molecule has 3 rings (SSSR count). The molecule has 9 heteroatoms. The summed E-state index contributed by atoms with van der Waals surface area (Å²) in [5, 5.41) is 0. The molecule has 15 heavy (non-hydrogen) atoms. The SMILES string of the molecule is Np1n(Oc2ccccc2)[pH][nH]p2on12. The second-order valence-electron chi connectivity index (χ2n) is 2.83. The van der Waals surface area contributed by atoms with E-state index in [2.05, 4.69) is 4.51 Å². The molecule has 3 atom stereocenters. The Labute approximate surface area is 88.5 Å². The van der Waals surface area contributed by atoms with Crippen LogP contribution in [0.15, 0.2) is 34.6 Å². The van der Waals surface area contributed by atoms with E-state index >= 15 is 0 Å². The lowest BCUT2D eigenvalue weighted by atomic mass is 10.3. The quantitative estimate of drug-likeness (QED) is 0.745. The number of nitrogen functional groups attached to an aromatic ring is 1. The number of benzene rings is 1. The molecule has 0 spiro atoms. The second-order valence-corrected chi connectivity index (χ2v) is 7.48. The number of hydrogen-bond donors (Lipinski definition) is 2. The zero-order chi connectivity index (χ0) is 10.3. The van der Waals surface area contributed by atoms with Crippen LogP contribution in [0.5, 0.6) is 5.75 Å². The maximum absolute atomic E-state index is 5.96. The zero-order valence-corrected chi connectivity index (χ0v) is 10.4. The van der Waals surface area contributed by atoms with Crippen LogP contribution in [0.1, 0.15) is 0 Å². The van der Waals surface area contributed by atoms with E-state index in [1.165, 1.54) is 0 Å². The van der Waals surface area contributed by atoms with Crippen molar-refractivity contribution in [2.45, 2.75) is 0 Å². The predicted octanol–water partition coefficient (Wildman–Crippen LogP) is 2.64. The smallest absolute Gasteiger partial charge is 0.303 e. The number of rotatable bonds is 2. The maximum atomic E-state index is 5.96. The molecule has 3 unspecified atom stereocenters. The van der Waals surface area contributed by atoms with E-state index in [9.17, 15) is 0 Å². The summed E-state index contributed by atoms with van der Waals surface area (Å²) in [7, 11) is -1.21. The minimum atomic E-state index is -0.965. The molecule has 0 aliphatic carbocycles. The van der Waals surface area contributed by atoms with Crippen molar-refractivity contribution in [3.63, 3.8) is 0 Å². The molecule has 0 bridgehead atoms. The van der Waals surface area contributed by atoms with Crippen molar-refractivity contribution in [1.29, 1.82) is 0 Å². The lowest BCUT2D eigenvalue weighted by molar-refractivity contribution is 0.274. The van der Waals surface area contributed by atoms with Gasteiger partial charge in [-0.25, -0.2) is 0 Å². The first kappa shape index (κ1) is 9.32. The number of fused-ring (bicyclic) bond motifs is 1. The van der Waals surface area contributed by atoms with Gasteiger partial charge in [0.15, 0.2) is 13.8 Å². The van der Waals surface area contributed by atoms with E-state index < -0.39 is 15.9 Å². The van der Waals surface area contributed by atoms with E-state index in [0.717, 1.165) is 5.75 Å². The van der Waals surface area contributed by atoms with Gasteiger partial charge in [-0.1, -0.05) is 22.3 Å². The van der Waals surface area contributed by atoms with Gasteiger partial charge < -0.3 is 9.14 Å². The molecule has 0 saturated heterocycles. The molecule has 2 aromatic heterocycles. The van der Waals surface area contributed by atoms with Gasteiger partial charge in [0.1, 0.15) is 0 Å². The monoisotopic (exact) mass is 262 g/mol. The summed E-state index contributed by atoms with van der Waals surface area (Å²) < 4.78 is 11.9. The largest absolute Gasteiger partial charge is 0.366 e. The van der Waals surface area contributed by atoms with Crippen molar-refractivity contribution < 1.29 is 9.14 Å². The van der Waals surface area contributed by atoms with Crippen molar-refractivity contribution in [3.8, 4) is 5.75 Å². The standard InChI is InChI=1S/C6H9N4O2P3/c7-14-9(13-8-15-10(14)12-15)11-6-4-2-1-3-5-6/h1-5,8,13H,7H2. The van der Waals surface area contributed by atoms with Gasteiger partial charge in [-0.2, -0.15) is 0 Å². The number of H-pyrrole nitrogens is 1. The van der Waals surface area contributed by atoms with Crippen LogP contribution in [-0.2, 0) is 0 Å². The normalized spacial score (nSPS) is 13.9. The fraction of sp³-hybridized carbons (Fsp3) is 0. The van der Waals surface area contributed by atoms with Crippen LogP contribution in [0.4, 0.5) is 0 Å². The lowest BCUT2D eigenvalue weighted by Gasteiger charge is -2.08. The molecule has 3 aromatic rings. The summed E-state index contributed by atoms with van der Waals surface area (Å²) in [6.45, 7) is 0. The number of nitrogens with zero attached hydrogens (tertiary/aromatic N) is 2. The molecule has 2 heterocycles. The highest BCUT2D eigenvalue weighted by Crippen LogP contribution is 2.38. The number of aromatic nitrogens is 3. The Bertz CT molecular complexity index is 586. The third kappa shape index (κ3) is 1.77. The lowest BCUT2D eigenvalue weighted by Crippen LogP contribution is -2.04. The van der Waals surface area contributed by atoms with Crippen molar-refractivity contribution in [2.24, 2.45) is 0 Å². The number of aromatic amines is 1. The molecule has 0 radical (unpaired) electrons. The highest BCUT2D eigenvalue weighted by Gasteiger charge is 2.11. The van der Waals surface area contributed by atoms with E-state index in [1.54, 1.807) is 8.35 Å². The first-order valence-corrected chi connectivity index (χ1v) is 7.69. The summed E-state index contributed by atoms with van der Waals surface area (Å²) in [6, 6.07) is 9.59. The van der Waals surface area contributed by atoms with Gasteiger partial charge in [0.05, 0.1) is 8.51 Å². The van der Waals surface area contributed by atoms with E-state index in [0.29, 0.717) is 8.51 Å². The fourth-order valence-corrected chi connectivity index (χ4v) is 6.04. The van der Waals surface area contributed by atoms with Crippen LogP contribution in [0, 0.1) is 0 Å². The van der Waals surface area contributed by atoms with Gasteiger partial charge in [-0.05, 0) is 12.1 Å². The molecule has 0 amide bonds. The van der Waals surface area contributed by atoms with Gasteiger partial charge in [0.25, 0.3) is 0 Å². The summed E-state index contributed by atoms with van der Waals surface area (Å²) in [4.78, 5) is 5.64. The Morgan fingerprint density at radius 2 is 2.20 bits per heavy atom. The second kappa shape index (κ2) is 3.58. The Morgan fingerprint density at radius 3 is 3.00 bits per heavy atom. The van der Waals surface area contributed by atoms with E-state index in [1.807, 2.05) is 30.3 Å². The zero-order valence-electron chi connectivity index (χ0n) is 7.57. The van der Waals surface area contributed by atoms with Gasteiger partial charge >= 0.3 is 7.90 Å². The molecular formula is C6H9N4O2P3. The van der Waals surface area contributed by atoms with Crippen molar-refractivity contribution in [2.75, 3.05) is 5.50 Å². The number of para-hydroxylation sites is 1. The first-order valence-electron chi connectivity index (χ1n) is 4.22. The van der Waals surface area contributed by atoms with Crippen LogP contribution in [-0.4, -0.2) is 12.9 Å². The van der Waals surface area contributed by atoms with Crippen LogP contribution in [0.25, 0.3) is 0 Å². The molecule has 80 valence electrons. The number of nitrogens with one attached hydrogen (secondary N) is 1. The van der Waals surface area contributed by atoms with Gasteiger partial charge in [0.2, 0.25) is 0 Å². The molecule has 3 N–H and O–H groups in total. The van der Waals surface area contributed by atoms with E-state index in [-0.39, 0.29) is 0 Å². The van der Waals surface area contributed by atoms with Gasteiger partial charge in [-0.15, -0.1) is 4.26 Å². The third-order valence-electron chi connectivity index (χ3n) is 1.82. The topological polar surface area (TPSA) is 73.5 Å². The van der Waals surface area contributed by atoms with Gasteiger partial charge in [0, 0.05) is 0 Å². The van der Waals surface area contributed by atoms with Crippen LogP contribution in [0.3, 0.4) is 0 Å². The minimum absolute atomic E-state index is 0.348. The molecule has 0 aliphatic heterocycles. The van der Waals surface area contributed by atoms with Crippen LogP contribution >= 0.6 is 24.4 Å². The Kier molecular flexibility index (Phi) is 2.23. The van der Waals surface area contributed by atoms with Crippen LogP contribution in [0.2, 0.25) is 0 Å². The summed E-state index contributed by atoms with van der Waals surface area (Å²) in [5.74, 6) is 0.790. The number of nitrogens with two attached hydrogens (primary N) is 1. The molecule has 0 fully saturated rings.